The molecule has 1 aliphatic rings. The third kappa shape index (κ3) is 5.34. The fourth-order valence-corrected chi connectivity index (χ4v) is 4.35. The highest BCUT2D eigenvalue weighted by Crippen LogP contribution is 2.37. The molecule has 0 aliphatic carbocycles. The van der Waals surface area contributed by atoms with E-state index in [0.717, 1.165) is 55.3 Å². The van der Waals surface area contributed by atoms with Crippen molar-refractivity contribution in [1.29, 1.82) is 0 Å². The number of thioether (sulfide) groups is 1. The fraction of sp³-hybridized carbons (Fsp3) is 0.476. The van der Waals surface area contributed by atoms with Crippen LogP contribution in [-0.2, 0) is 6.18 Å². The van der Waals surface area contributed by atoms with E-state index in [0.29, 0.717) is 17.7 Å². The minimum absolute atomic E-state index is 0.456. The standard InChI is InChI=1S/C21H25F3N2OS/c1-3-12-27-18-13-15(2)4-6-19(18)28-17-8-10-26(11-9-17)20-7-5-16(14-25-20)21(22,23)24/h4-7,13-14,17H,3,8-12H2,1-2H3. The average molecular weight is 411 g/mol. The second-order valence-corrected chi connectivity index (χ2v) is 8.35. The Morgan fingerprint density at radius 2 is 1.93 bits per heavy atom. The van der Waals surface area contributed by atoms with Gasteiger partial charge in [0, 0.05) is 29.4 Å². The number of aromatic nitrogens is 1. The molecule has 152 valence electrons. The van der Waals surface area contributed by atoms with Crippen molar-refractivity contribution >= 4 is 17.6 Å². The van der Waals surface area contributed by atoms with Crippen molar-refractivity contribution in [3.63, 3.8) is 0 Å². The molecule has 0 spiro atoms. The Bertz CT molecular complexity index is 772. The molecule has 0 saturated carbocycles. The molecule has 2 heterocycles. The van der Waals surface area contributed by atoms with Crippen molar-refractivity contribution in [2.45, 2.75) is 49.4 Å². The summed E-state index contributed by atoms with van der Waals surface area (Å²) in [6, 6.07) is 8.87. The number of rotatable bonds is 6. The monoisotopic (exact) mass is 410 g/mol. The molecule has 0 amide bonds. The predicted molar refractivity (Wildman–Crippen MR) is 107 cm³/mol. The van der Waals surface area contributed by atoms with Crippen LogP contribution < -0.4 is 9.64 Å². The molecule has 0 atom stereocenters. The van der Waals surface area contributed by atoms with Crippen LogP contribution in [0.4, 0.5) is 19.0 Å². The molecule has 0 bridgehead atoms. The summed E-state index contributed by atoms with van der Waals surface area (Å²) in [5, 5.41) is 0.456. The van der Waals surface area contributed by atoms with E-state index < -0.39 is 11.7 Å². The van der Waals surface area contributed by atoms with E-state index in [9.17, 15) is 13.2 Å². The summed E-state index contributed by atoms with van der Waals surface area (Å²) in [5.74, 6) is 1.55. The first kappa shape index (κ1) is 20.8. The van der Waals surface area contributed by atoms with Gasteiger partial charge in [-0.3, -0.25) is 0 Å². The Morgan fingerprint density at radius 1 is 1.18 bits per heavy atom. The average Bonchev–Trinajstić information content (AvgIpc) is 2.68. The highest BCUT2D eigenvalue weighted by atomic mass is 32.2. The smallest absolute Gasteiger partial charge is 0.417 e. The minimum atomic E-state index is -4.35. The molecule has 2 aromatic rings. The lowest BCUT2D eigenvalue weighted by Crippen LogP contribution is -2.35. The van der Waals surface area contributed by atoms with Crippen LogP contribution in [0.2, 0.25) is 0 Å². The van der Waals surface area contributed by atoms with E-state index in [2.05, 4.69) is 41.9 Å². The summed E-state index contributed by atoms with van der Waals surface area (Å²) in [6.45, 7) is 6.42. The molecule has 0 unspecified atom stereocenters. The van der Waals surface area contributed by atoms with Gasteiger partial charge in [0.05, 0.1) is 12.2 Å². The van der Waals surface area contributed by atoms with Crippen LogP contribution in [0.25, 0.3) is 0 Å². The summed E-state index contributed by atoms with van der Waals surface area (Å²) in [5.41, 5.74) is 0.472. The van der Waals surface area contributed by atoms with Crippen LogP contribution >= 0.6 is 11.8 Å². The van der Waals surface area contributed by atoms with Gasteiger partial charge in [-0.05, 0) is 56.0 Å². The van der Waals surface area contributed by atoms with Crippen LogP contribution in [0.15, 0.2) is 41.4 Å². The van der Waals surface area contributed by atoms with E-state index in [1.807, 2.05) is 11.8 Å². The van der Waals surface area contributed by atoms with Gasteiger partial charge >= 0.3 is 6.18 Å². The van der Waals surface area contributed by atoms with Crippen LogP contribution in [0.5, 0.6) is 5.75 Å². The second kappa shape index (κ2) is 9.07. The Labute approximate surface area is 168 Å². The van der Waals surface area contributed by atoms with Crippen LogP contribution in [0, 0.1) is 6.92 Å². The first-order chi connectivity index (χ1) is 13.4. The van der Waals surface area contributed by atoms with Gasteiger partial charge < -0.3 is 9.64 Å². The SMILES string of the molecule is CCCOc1cc(C)ccc1SC1CCN(c2ccc(C(F)(F)F)cn2)CC1. The first-order valence-electron chi connectivity index (χ1n) is 9.55. The number of alkyl halides is 3. The molecule has 1 fully saturated rings. The van der Waals surface area contributed by atoms with Gasteiger partial charge in [0.2, 0.25) is 0 Å². The highest BCUT2D eigenvalue weighted by Gasteiger charge is 2.31. The van der Waals surface area contributed by atoms with Gasteiger partial charge in [-0.2, -0.15) is 13.2 Å². The van der Waals surface area contributed by atoms with Crippen molar-refractivity contribution in [2.24, 2.45) is 0 Å². The van der Waals surface area contributed by atoms with Gasteiger partial charge in [-0.15, -0.1) is 11.8 Å². The van der Waals surface area contributed by atoms with Crippen molar-refractivity contribution in [3.05, 3.63) is 47.7 Å². The molecule has 1 aliphatic heterocycles. The molecule has 0 N–H and O–H groups in total. The number of aryl methyl sites for hydroxylation is 1. The molecule has 28 heavy (non-hydrogen) atoms. The predicted octanol–water partition coefficient (Wildman–Crippen LogP) is 5.96. The minimum Gasteiger partial charge on any atom is -0.492 e. The van der Waals surface area contributed by atoms with Gasteiger partial charge in [0.1, 0.15) is 11.6 Å². The maximum Gasteiger partial charge on any atom is 0.417 e. The highest BCUT2D eigenvalue weighted by molar-refractivity contribution is 8.00. The third-order valence-corrected chi connectivity index (χ3v) is 6.09. The zero-order valence-corrected chi connectivity index (χ0v) is 16.9. The summed E-state index contributed by atoms with van der Waals surface area (Å²) in [6.07, 6.45) is -0.555. The zero-order valence-electron chi connectivity index (χ0n) is 16.1. The molecular weight excluding hydrogens is 385 g/mol. The lowest BCUT2D eigenvalue weighted by Gasteiger charge is -2.32. The summed E-state index contributed by atoms with van der Waals surface area (Å²) < 4.78 is 44.0. The van der Waals surface area contributed by atoms with Gasteiger partial charge in [-0.1, -0.05) is 13.0 Å². The number of hydrogen-bond donors (Lipinski definition) is 0. The lowest BCUT2D eigenvalue weighted by atomic mass is 10.1. The zero-order chi connectivity index (χ0) is 20.1. The molecule has 1 aromatic heterocycles. The number of benzene rings is 1. The van der Waals surface area contributed by atoms with Crippen molar-refractivity contribution in [3.8, 4) is 5.75 Å². The Balaban J connectivity index is 1.59. The molecule has 3 rings (SSSR count). The van der Waals surface area contributed by atoms with E-state index in [1.54, 1.807) is 0 Å². The van der Waals surface area contributed by atoms with Gasteiger partial charge in [0.15, 0.2) is 0 Å². The summed E-state index contributed by atoms with van der Waals surface area (Å²) in [4.78, 5) is 7.23. The normalized spacial score (nSPS) is 15.7. The molecule has 3 nitrogen and oxygen atoms in total. The Kier molecular flexibility index (Phi) is 6.75. The van der Waals surface area contributed by atoms with Crippen LogP contribution in [0.1, 0.15) is 37.3 Å². The Morgan fingerprint density at radius 3 is 2.54 bits per heavy atom. The number of anilines is 1. The van der Waals surface area contributed by atoms with Gasteiger partial charge in [0.25, 0.3) is 0 Å². The maximum atomic E-state index is 12.7. The lowest BCUT2D eigenvalue weighted by molar-refractivity contribution is -0.137. The first-order valence-corrected chi connectivity index (χ1v) is 10.4. The Hall–Kier alpha value is -1.89. The van der Waals surface area contributed by atoms with E-state index in [4.69, 9.17) is 4.74 Å². The van der Waals surface area contributed by atoms with Crippen LogP contribution in [-0.4, -0.2) is 29.9 Å². The summed E-state index contributed by atoms with van der Waals surface area (Å²) >= 11 is 1.83. The second-order valence-electron chi connectivity index (χ2n) is 7.01. The van der Waals surface area contributed by atoms with Crippen LogP contribution in [0.3, 0.4) is 0 Å². The molecular formula is C21H25F3N2OS. The molecule has 1 saturated heterocycles. The quantitative estimate of drug-likeness (QED) is 0.587. The molecule has 1 aromatic carbocycles. The molecule has 7 heteroatoms. The number of piperidine rings is 1. The largest absolute Gasteiger partial charge is 0.492 e. The topological polar surface area (TPSA) is 25.4 Å². The van der Waals surface area contributed by atoms with E-state index in [-0.39, 0.29) is 0 Å². The third-order valence-electron chi connectivity index (χ3n) is 4.70. The maximum absolute atomic E-state index is 12.7. The van der Waals surface area contributed by atoms with Gasteiger partial charge in [-0.25, -0.2) is 4.98 Å². The number of pyridine rings is 1. The molecule has 0 radical (unpaired) electrons. The van der Waals surface area contributed by atoms with Crippen molar-refractivity contribution < 1.29 is 17.9 Å². The number of halogens is 3. The fourth-order valence-electron chi connectivity index (χ4n) is 3.16. The van der Waals surface area contributed by atoms with Crippen molar-refractivity contribution in [1.82, 2.24) is 4.98 Å². The van der Waals surface area contributed by atoms with Crippen molar-refractivity contribution in [2.75, 3.05) is 24.6 Å². The van der Waals surface area contributed by atoms with E-state index >= 15 is 0 Å². The number of hydrogen-bond acceptors (Lipinski definition) is 4. The number of ether oxygens (including phenoxy) is 1. The number of nitrogens with zero attached hydrogens (tertiary/aromatic N) is 2. The summed E-state index contributed by atoms with van der Waals surface area (Å²) in [7, 11) is 0. The van der Waals surface area contributed by atoms with E-state index in [1.165, 1.54) is 11.6 Å².